The van der Waals surface area contributed by atoms with Crippen LogP contribution in [0.15, 0.2) is 24.3 Å². The van der Waals surface area contributed by atoms with Crippen LogP contribution in [0.3, 0.4) is 0 Å². The zero-order valence-corrected chi connectivity index (χ0v) is 13.6. The lowest BCUT2D eigenvalue weighted by Gasteiger charge is -2.16. The lowest BCUT2D eigenvalue weighted by Crippen LogP contribution is -2.26. The number of ether oxygens (including phenoxy) is 1. The number of methoxy groups -OCH3 is 1. The second kappa shape index (κ2) is 6.66. The average molecular weight is 346 g/mol. The molecule has 120 valence electrons. The molecule has 1 fully saturated rings. The lowest BCUT2D eigenvalue weighted by molar-refractivity contribution is -0.140. The van der Waals surface area contributed by atoms with Gasteiger partial charge in [0.2, 0.25) is 15.0 Å². The van der Waals surface area contributed by atoms with Crippen LogP contribution < -0.4 is 4.90 Å². The number of benzene rings is 1. The van der Waals surface area contributed by atoms with Gasteiger partial charge in [0, 0.05) is 35.8 Å². The smallest absolute Gasteiger partial charge is 0.305 e. The van der Waals surface area contributed by atoms with Gasteiger partial charge in [-0.05, 0) is 24.1 Å². The van der Waals surface area contributed by atoms with Crippen molar-refractivity contribution in [2.24, 2.45) is 0 Å². The highest BCUT2D eigenvalue weighted by atomic mass is 35.7. The van der Waals surface area contributed by atoms with E-state index in [9.17, 15) is 18.0 Å². The van der Waals surface area contributed by atoms with E-state index in [1.54, 1.807) is 24.3 Å². The Morgan fingerprint density at radius 2 is 2.00 bits per heavy atom. The molecule has 1 unspecified atom stereocenters. The van der Waals surface area contributed by atoms with Gasteiger partial charge in [-0.1, -0.05) is 12.1 Å². The first-order valence-electron chi connectivity index (χ1n) is 6.71. The summed E-state index contributed by atoms with van der Waals surface area (Å²) in [5.41, 5.74) is 1.55. The molecule has 1 aromatic carbocycles. The molecule has 1 saturated heterocycles. The molecular weight excluding hydrogens is 330 g/mol. The number of amides is 1. The van der Waals surface area contributed by atoms with E-state index in [1.807, 2.05) is 0 Å². The van der Waals surface area contributed by atoms with Crippen molar-refractivity contribution in [2.75, 3.05) is 18.6 Å². The van der Waals surface area contributed by atoms with Crippen LogP contribution in [0, 0.1) is 0 Å². The molecule has 1 aromatic rings. The van der Waals surface area contributed by atoms with Crippen molar-refractivity contribution < 1.29 is 22.7 Å². The Morgan fingerprint density at radius 3 is 2.50 bits per heavy atom. The number of nitrogens with zero attached hydrogens (tertiary/aromatic N) is 1. The maximum absolute atomic E-state index is 11.9. The minimum atomic E-state index is -3.75. The molecule has 0 bridgehead atoms. The van der Waals surface area contributed by atoms with Gasteiger partial charge in [0.05, 0.1) is 7.11 Å². The number of esters is 1. The van der Waals surface area contributed by atoms with Crippen LogP contribution in [0.2, 0.25) is 0 Å². The fourth-order valence-corrected chi connectivity index (χ4v) is 3.33. The van der Waals surface area contributed by atoms with Crippen molar-refractivity contribution in [2.45, 2.75) is 24.5 Å². The third-order valence-electron chi connectivity index (χ3n) is 3.58. The summed E-state index contributed by atoms with van der Waals surface area (Å²) in [6.45, 7) is 0.0617. The summed E-state index contributed by atoms with van der Waals surface area (Å²) >= 11 is 0. The number of anilines is 1. The predicted molar refractivity (Wildman–Crippen MR) is 82.3 cm³/mol. The van der Waals surface area contributed by atoms with Gasteiger partial charge < -0.3 is 9.64 Å². The zero-order chi connectivity index (χ0) is 16.3. The Bertz CT molecular complexity index is 671. The topological polar surface area (TPSA) is 80.8 Å². The summed E-state index contributed by atoms with van der Waals surface area (Å²) in [6, 6.07) is 7.06. The molecule has 0 aromatic heterocycles. The Balaban J connectivity index is 2.05. The molecule has 0 N–H and O–H groups in total. The second-order valence-corrected chi connectivity index (χ2v) is 7.96. The third kappa shape index (κ3) is 3.98. The Kier molecular flexibility index (Phi) is 5.08. The van der Waals surface area contributed by atoms with Crippen molar-refractivity contribution in [3.05, 3.63) is 29.8 Å². The minimum absolute atomic E-state index is 0.0617. The molecule has 0 radical (unpaired) electrons. The third-order valence-corrected chi connectivity index (χ3v) is 5.45. The standard InChI is InChI=1S/C14H16ClNO5S/c1-21-14(18)7-4-10-2-5-11(6-3-10)16-9-12(8-13(16)17)22(15,19)20/h2-3,5-6,12H,4,7-9H2,1H3. The SMILES string of the molecule is COC(=O)CCc1ccc(N2CC(S(=O)(=O)Cl)CC2=O)cc1. The van der Waals surface area contributed by atoms with Gasteiger partial charge in [-0.2, -0.15) is 0 Å². The quantitative estimate of drug-likeness (QED) is 0.596. The van der Waals surface area contributed by atoms with E-state index in [0.717, 1.165) is 5.56 Å². The van der Waals surface area contributed by atoms with E-state index < -0.39 is 14.3 Å². The summed E-state index contributed by atoms with van der Waals surface area (Å²) < 4.78 is 27.2. The largest absolute Gasteiger partial charge is 0.469 e. The fraction of sp³-hybridized carbons (Fsp3) is 0.429. The number of aryl methyl sites for hydroxylation is 1. The van der Waals surface area contributed by atoms with Crippen LogP contribution in [0.5, 0.6) is 0 Å². The molecule has 1 aliphatic heterocycles. The van der Waals surface area contributed by atoms with Crippen molar-refractivity contribution >= 4 is 37.3 Å². The highest BCUT2D eigenvalue weighted by Gasteiger charge is 2.37. The summed E-state index contributed by atoms with van der Waals surface area (Å²) in [7, 11) is 2.91. The first-order chi connectivity index (χ1) is 10.3. The van der Waals surface area contributed by atoms with Gasteiger partial charge in [0.25, 0.3) is 0 Å². The zero-order valence-electron chi connectivity index (χ0n) is 12.0. The first-order valence-corrected chi connectivity index (χ1v) is 9.08. The summed E-state index contributed by atoms with van der Waals surface area (Å²) in [4.78, 5) is 24.4. The maximum atomic E-state index is 11.9. The van der Waals surface area contributed by atoms with Crippen LogP contribution in [0.1, 0.15) is 18.4 Å². The molecule has 1 heterocycles. The number of carbonyl (C=O) groups excluding carboxylic acids is 2. The molecule has 1 amide bonds. The van der Waals surface area contributed by atoms with Crippen LogP contribution in [0.25, 0.3) is 0 Å². The molecule has 0 spiro atoms. The van der Waals surface area contributed by atoms with Crippen LogP contribution in [-0.4, -0.2) is 39.2 Å². The average Bonchev–Trinajstić information content (AvgIpc) is 2.87. The van der Waals surface area contributed by atoms with Crippen molar-refractivity contribution in [1.29, 1.82) is 0 Å². The van der Waals surface area contributed by atoms with E-state index in [1.165, 1.54) is 12.0 Å². The highest BCUT2D eigenvalue weighted by Crippen LogP contribution is 2.27. The number of hydrogen-bond donors (Lipinski definition) is 0. The number of carbonyl (C=O) groups is 2. The Hall–Kier alpha value is -1.60. The van der Waals surface area contributed by atoms with Gasteiger partial charge in [0.15, 0.2) is 0 Å². The van der Waals surface area contributed by atoms with Gasteiger partial charge in [-0.25, -0.2) is 8.42 Å². The Morgan fingerprint density at radius 1 is 1.36 bits per heavy atom. The summed E-state index contributed by atoms with van der Waals surface area (Å²) in [5, 5.41) is -0.874. The van der Waals surface area contributed by atoms with E-state index in [2.05, 4.69) is 4.74 Å². The molecule has 8 heteroatoms. The minimum Gasteiger partial charge on any atom is -0.469 e. The molecule has 22 heavy (non-hydrogen) atoms. The van der Waals surface area contributed by atoms with E-state index in [-0.39, 0.29) is 31.3 Å². The molecule has 0 aliphatic carbocycles. The maximum Gasteiger partial charge on any atom is 0.305 e. The van der Waals surface area contributed by atoms with E-state index >= 15 is 0 Å². The van der Waals surface area contributed by atoms with Crippen LogP contribution in [-0.2, 0) is 29.8 Å². The van der Waals surface area contributed by atoms with Crippen LogP contribution in [0.4, 0.5) is 5.69 Å². The highest BCUT2D eigenvalue weighted by molar-refractivity contribution is 8.14. The lowest BCUT2D eigenvalue weighted by atomic mass is 10.1. The molecule has 6 nitrogen and oxygen atoms in total. The number of hydrogen-bond acceptors (Lipinski definition) is 5. The van der Waals surface area contributed by atoms with E-state index in [0.29, 0.717) is 12.1 Å². The van der Waals surface area contributed by atoms with Crippen LogP contribution >= 0.6 is 10.7 Å². The summed E-state index contributed by atoms with van der Waals surface area (Å²) in [5.74, 6) is -0.550. The van der Waals surface area contributed by atoms with Gasteiger partial charge in [0.1, 0.15) is 5.25 Å². The molecule has 2 rings (SSSR count). The monoisotopic (exact) mass is 345 g/mol. The van der Waals surface area contributed by atoms with Crippen molar-refractivity contribution in [3.63, 3.8) is 0 Å². The fourth-order valence-electron chi connectivity index (χ4n) is 2.30. The normalized spacial score (nSPS) is 18.5. The van der Waals surface area contributed by atoms with E-state index in [4.69, 9.17) is 10.7 Å². The molecule has 1 aliphatic rings. The van der Waals surface area contributed by atoms with Crippen molar-refractivity contribution in [1.82, 2.24) is 0 Å². The first kappa shape index (κ1) is 16.8. The predicted octanol–water partition coefficient (Wildman–Crippen LogP) is 1.47. The van der Waals surface area contributed by atoms with Gasteiger partial charge >= 0.3 is 5.97 Å². The Labute approximate surface area is 133 Å². The summed E-state index contributed by atoms with van der Waals surface area (Å²) in [6.07, 6.45) is 0.723. The molecular formula is C14H16ClNO5S. The molecule has 0 saturated carbocycles. The van der Waals surface area contributed by atoms with Gasteiger partial charge in [-0.3, -0.25) is 9.59 Å². The number of rotatable bonds is 5. The molecule has 1 atom stereocenters. The van der Waals surface area contributed by atoms with Crippen molar-refractivity contribution in [3.8, 4) is 0 Å². The van der Waals surface area contributed by atoms with Gasteiger partial charge in [-0.15, -0.1) is 0 Å². The second-order valence-electron chi connectivity index (χ2n) is 5.05. The number of halogens is 1.